The van der Waals surface area contributed by atoms with Crippen LogP contribution in [0.5, 0.6) is 11.5 Å². The third kappa shape index (κ3) is 3.51. The van der Waals surface area contributed by atoms with E-state index < -0.39 is 0 Å². The summed E-state index contributed by atoms with van der Waals surface area (Å²) in [5.41, 5.74) is 0.856. The van der Waals surface area contributed by atoms with Gasteiger partial charge >= 0.3 is 0 Å². The van der Waals surface area contributed by atoms with Gasteiger partial charge in [-0.05, 0) is 29.7 Å². The Balaban J connectivity index is 1.97. The van der Waals surface area contributed by atoms with Gasteiger partial charge in [0.15, 0.2) is 11.5 Å². The minimum Gasteiger partial charge on any atom is -0.454 e. The van der Waals surface area contributed by atoms with Crippen LogP contribution in [0.2, 0.25) is 0 Å². The Bertz CT molecular complexity index is 511. The number of rotatable bonds is 5. The summed E-state index contributed by atoms with van der Waals surface area (Å²) in [6.07, 6.45) is 3.15. The standard InChI is InChI=1S/C15H19NO4/c1-10(2)12(8-17)16-15(18)6-4-11-3-5-13-14(7-11)20-9-19-13/h3-7,10,12,17H,8-9H2,1-2H3,(H,16,18)/t12-/m1/s1. The molecule has 1 aliphatic heterocycles. The molecule has 2 N–H and O–H groups in total. The van der Waals surface area contributed by atoms with Crippen LogP contribution in [-0.2, 0) is 4.79 Å². The van der Waals surface area contributed by atoms with Gasteiger partial charge in [-0.2, -0.15) is 0 Å². The van der Waals surface area contributed by atoms with Crippen LogP contribution < -0.4 is 14.8 Å². The number of amides is 1. The molecule has 1 aromatic carbocycles. The third-order valence-electron chi connectivity index (χ3n) is 3.15. The first kappa shape index (κ1) is 14.4. The molecule has 1 heterocycles. The maximum Gasteiger partial charge on any atom is 0.244 e. The molecule has 2 rings (SSSR count). The maximum absolute atomic E-state index is 11.8. The number of aliphatic hydroxyl groups is 1. The van der Waals surface area contributed by atoms with Gasteiger partial charge in [0.2, 0.25) is 12.7 Å². The Morgan fingerprint density at radius 2 is 2.15 bits per heavy atom. The van der Waals surface area contributed by atoms with Crippen LogP contribution in [0.3, 0.4) is 0 Å². The lowest BCUT2D eigenvalue weighted by molar-refractivity contribution is -0.117. The fourth-order valence-electron chi connectivity index (χ4n) is 1.84. The lowest BCUT2D eigenvalue weighted by Crippen LogP contribution is -2.40. The number of hydrogen-bond acceptors (Lipinski definition) is 4. The zero-order chi connectivity index (χ0) is 14.5. The highest BCUT2D eigenvalue weighted by molar-refractivity contribution is 5.92. The molecule has 0 spiro atoms. The topological polar surface area (TPSA) is 67.8 Å². The minimum atomic E-state index is -0.232. The van der Waals surface area contributed by atoms with E-state index in [9.17, 15) is 4.79 Å². The summed E-state index contributed by atoms with van der Waals surface area (Å²) in [5, 5.41) is 11.9. The highest BCUT2D eigenvalue weighted by Gasteiger charge is 2.14. The van der Waals surface area contributed by atoms with Crippen LogP contribution >= 0.6 is 0 Å². The summed E-state index contributed by atoms with van der Waals surface area (Å²) in [7, 11) is 0. The van der Waals surface area contributed by atoms with Crippen molar-refractivity contribution < 1.29 is 19.4 Å². The first-order valence-corrected chi connectivity index (χ1v) is 6.59. The van der Waals surface area contributed by atoms with Crippen LogP contribution in [0.15, 0.2) is 24.3 Å². The van der Waals surface area contributed by atoms with Gasteiger partial charge in [0.25, 0.3) is 0 Å². The number of carbonyl (C=O) groups excluding carboxylic acids is 1. The Morgan fingerprint density at radius 1 is 1.40 bits per heavy atom. The zero-order valence-corrected chi connectivity index (χ0v) is 11.6. The van der Waals surface area contributed by atoms with Gasteiger partial charge in [0.1, 0.15) is 0 Å². The SMILES string of the molecule is CC(C)[C@@H](CO)NC(=O)C=Cc1ccc2c(c1)OCO2. The number of benzene rings is 1. The average molecular weight is 277 g/mol. The van der Waals surface area contributed by atoms with Crippen molar-refractivity contribution >= 4 is 12.0 Å². The summed E-state index contributed by atoms with van der Waals surface area (Å²) in [5.74, 6) is 1.35. The molecule has 5 heteroatoms. The van der Waals surface area contributed by atoms with Crippen molar-refractivity contribution in [1.82, 2.24) is 5.32 Å². The molecule has 0 aliphatic carbocycles. The first-order chi connectivity index (χ1) is 9.60. The van der Waals surface area contributed by atoms with Gasteiger partial charge in [0.05, 0.1) is 12.6 Å². The molecule has 1 aromatic rings. The van der Waals surface area contributed by atoms with Gasteiger partial charge < -0.3 is 19.9 Å². The van der Waals surface area contributed by atoms with Crippen molar-refractivity contribution in [3.63, 3.8) is 0 Å². The molecule has 1 aliphatic rings. The van der Waals surface area contributed by atoms with Gasteiger partial charge in [-0.15, -0.1) is 0 Å². The Hall–Kier alpha value is -2.01. The first-order valence-electron chi connectivity index (χ1n) is 6.59. The second-order valence-electron chi connectivity index (χ2n) is 4.99. The van der Waals surface area contributed by atoms with Crippen LogP contribution in [0.4, 0.5) is 0 Å². The number of carbonyl (C=O) groups is 1. The Kier molecular flexibility index (Phi) is 4.63. The molecule has 0 bridgehead atoms. The molecule has 0 unspecified atom stereocenters. The van der Waals surface area contributed by atoms with Crippen LogP contribution in [0.1, 0.15) is 19.4 Å². The van der Waals surface area contributed by atoms with Crippen LogP contribution in [-0.4, -0.2) is 30.5 Å². The Labute approximate surface area is 118 Å². The molecular weight excluding hydrogens is 258 g/mol. The fourth-order valence-corrected chi connectivity index (χ4v) is 1.84. The van der Waals surface area contributed by atoms with Crippen molar-refractivity contribution in [2.45, 2.75) is 19.9 Å². The number of hydrogen-bond donors (Lipinski definition) is 2. The monoisotopic (exact) mass is 277 g/mol. The van der Waals surface area contributed by atoms with Crippen molar-refractivity contribution in [3.05, 3.63) is 29.8 Å². The molecule has 0 aromatic heterocycles. The molecule has 0 radical (unpaired) electrons. The third-order valence-corrected chi connectivity index (χ3v) is 3.15. The van der Waals surface area contributed by atoms with Gasteiger partial charge in [-0.1, -0.05) is 19.9 Å². The second kappa shape index (κ2) is 6.43. The highest BCUT2D eigenvalue weighted by atomic mass is 16.7. The number of fused-ring (bicyclic) bond motifs is 1. The van der Waals surface area contributed by atoms with Gasteiger partial charge in [-0.3, -0.25) is 4.79 Å². The second-order valence-corrected chi connectivity index (χ2v) is 4.99. The van der Waals surface area contributed by atoms with E-state index in [-0.39, 0.29) is 31.3 Å². The van der Waals surface area contributed by atoms with E-state index in [0.29, 0.717) is 11.5 Å². The largest absolute Gasteiger partial charge is 0.454 e. The summed E-state index contributed by atoms with van der Waals surface area (Å²) < 4.78 is 10.5. The molecule has 1 amide bonds. The van der Waals surface area contributed by atoms with Crippen LogP contribution in [0, 0.1) is 5.92 Å². The molecule has 108 valence electrons. The van der Waals surface area contributed by atoms with Crippen molar-refractivity contribution in [1.29, 1.82) is 0 Å². The number of ether oxygens (including phenoxy) is 2. The van der Waals surface area contributed by atoms with Crippen molar-refractivity contribution in [2.75, 3.05) is 13.4 Å². The summed E-state index contributed by atoms with van der Waals surface area (Å²) in [6, 6.07) is 5.25. The zero-order valence-electron chi connectivity index (χ0n) is 11.6. The van der Waals surface area contributed by atoms with Crippen molar-refractivity contribution in [3.8, 4) is 11.5 Å². The van der Waals surface area contributed by atoms with E-state index in [1.165, 1.54) is 6.08 Å². The Morgan fingerprint density at radius 3 is 2.85 bits per heavy atom. The average Bonchev–Trinajstić information content (AvgIpc) is 2.89. The molecule has 0 saturated heterocycles. The predicted octanol–water partition coefficient (Wildman–Crippen LogP) is 1.56. The maximum atomic E-state index is 11.8. The van der Waals surface area contributed by atoms with Crippen LogP contribution in [0.25, 0.3) is 6.08 Å². The van der Waals surface area contributed by atoms with Gasteiger partial charge in [0, 0.05) is 6.08 Å². The molecule has 20 heavy (non-hydrogen) atoms. The highest BCUT2D eigenvalue weighted by Crippen LogP contribution is 2.32. The molecule has 5 nitrogen and oxygen atoms in total. The lowest BCUT2D eigenvalue weighted by atomic mass is 10.1. The molecule has 0 fully saturated rings. The molecular formula is C15H19NO4. The summed E-state index contributed by atoms with van der Waals surface area (Å²) in [6.45, 7) is 4.06. The quantitative estimate of drug-likeness (QED) is 0.802. The summed E-state index contributed by atoms with van der Waals surface area (Å²) >= 11 is 0. The summed E-state index contributed by atoms with van der Waals surface area (Å²) in [4.78, 5) is 11.8. The predicted molar refractivity (Wildman–Crippen MR) is 75.5 cm³/mol. The normalized spacial score (nSPS) is 14.8. The van der Waals surface area contributed by atoms with Gasteiger partial charge in [-0.25, -0.2) is 0 Å². The molecule has 1 atom stereocenters. The van der Waals surface area contributed by atoms with Crippen molar-refractivity contribution in [2.24, 2.45) is 5.92 Å². The number of aliphatic hydroxyl groups excluding tert-OH is 1. The van der Waals surface area contributed by atoms with E-state index in [1.807, 2.05) is 32.0 Å². The lowest BCUT2D eigenvalue weighted by Gasteiger charge is -2.18. The van der Waals surface area contributed by atoms with E-state index >= 15 is 0 Å². The fraction of sp³-hybridized carbons (Fsp3) is 0.400. The van der Waals surface area contributed by atoms with E-state index in [1.54, 1.807) is 6.08 Å². The van der Waals surface area contributed by atoms with E-state index in [2.05, 4.69) is 5.32 Å². The van der Waals surface area contributed by atoms with E-state index in [0.717, 1.165) is 5.56 Å². The minimum absolute atomic E-state index is 0.0682. The molecule has 0 saturated carbocycles. The van der Waals surface area contributed by atoms with E-state index in [4.69, 9.17) is 14.6 Å². The smallest absolute Gasteiger partial charge is 0.244 e. The number of nitrogens with one attached hydrogen (secondary N) is 1.